The van der Waals surface area contributed by atoms with E-state index in [1.807, 2.05) is 12.1 Å². The summed E-state index contributed by atoms with van der Waals surface area (Å²) in [4.78, 5) is 3.15. The van der Waals surface area contributed by atoms with Crippen molar-refractivity contribution in [2.24, 2.45) is 0 Å². The molecule has 1 aliphatic rings. The molecule has 1 aliphatic heterocycles. The molecule has 0 saturated carbocycles. The van der Waals surface area contributed by atoms with Crippen molar-refractivity contribution in [1.29, 1.82) is 0 Å². The first kappa shape index (κ1) is 16.1. The number of nitrogens with one attached hydrogen (secondary N) is 2. The van der Waals surface area contributed by atoms with Gasteiger partial charge in [-0.25, -0.2) is 0 Å². The second kappa shape index (κ2) is 7.21. The van der Waals surface area contributed by atoms with E-state index in [4.69, 9.17) is 8.83 Å². The number of aryl methyl sites for hydroxylation is 1. The Hall–Kier alpha value is -2.44. The van der Waals surface area contributed by atoms with E-state index >= 15 is 0 Å². The quantitative estimate of drug-likeness (QED) is 0.693. The van der Waals surface area contributed by atoms with E-state index in [0.29, 0.717) is 17.5 Å². The van der Waals surface area contributed by atoms with Gasteiger partial charge in [-0.1, -0.05) is 29.8 Å². The van der Waals surface area contributed by atoms with Crippen molar-refractivity contribution in [3.8, 4) is 11.7 Å². The van der Waals surface area contributed by atoms with Crippen LogP contribution in [0.15, 0.2) is 51.5 Å². The molecule has 130 valence electrons. The number of hydrogen-bond donors (Lipinski definition) is 2. The summed E-state index contributed by atoms with van der Waals surface area (Å²) in [5, 5.41) is 8.23. The first-order valence-corrected chi connectivity index (χ1v) is 8.85. The van der Waals surface area contributed by atoms with E-state index in [-0.39, 0.29) is 0 Å². The van der Waals surface area contributed by atoms with E-state index in [1.54, 1.807) is 11.2 Å². The number of quaternary nitrogens is 2. The van der Waals surface area contributed by atoms with Gasteiger partial charge in [0.15, 0.2) is 12.3 Å². The van der Waals surface area contributed by atoms with Crippen molar-refractivity contribution >= 4 is 0 Å². The van der Waals surface area contributed by atoms with Gasteiger partial charge >= 0.3 is 0 Å². The molecular weight excluding hydrogens is 316 g/mol. The third-order valence-electron chi connectivity index (χ3n) is 4.80. The largest absolute Gasteiger partial charge is 0.459 e. The molecular formula is C19H24N4O2+2. The lowest BCUT2D eigenvalue weighted by Crippen LogP contribution is -3.27. The molecule has 6 heteroatoms. The molecule has 1 fully saturated rings. The highest BCUT2D eigenvalue weighted by Crippen LogP contribution is 2.17. The van der Waals surface area contributed by atoms with Crippen LogP contribution in [0.2, 0.25) is 0 Å². The van der Waals surface area contributed by atoms with E-state index in [9.17, 15) is 0 Å². The van der Waals surface area contributed by atoms with Crippen molar-refractivity contribution in [3.05, 3.63) is 59.7 Å². The minimum Gasteiger partial charge on any atom is -0.459 e. The van der Waals surface area contributed by atoms with Gasteiger partial charge in [0.05, 0.1) is 6.26 Å². The van der Waals surface area contributed by atoms with Gasteiger partial charge in [0.1, 0.15) is 32.7 Å². The van der Waals surface area contributed by atoms with Crippen molar-refractivity contribution in [2.75, 3.05) is 26.2 Å². The summed E-state index contributed by atoms with van der Waals surface area (Å²) >= 11 is 0. The number of hydrogen-bond acceptors (Lipinski definition) is 4. The van der Waals surface area contributed by atoms with Crippen molar-refractivity contribution in [3.63, 3.8) is 0 Å². The maximum atomic E-state index is 5.72. The van der Waals surface area contributed by atoms with Gasteiger partial charge in [-0.15, -0.1) is 10.2 Å². The number of piperazine rings is 1. The highest BCUT2D eigenvalue weighted by molar-refractivity contribution is 5.42. The highest BCUT2D eigenvalue weighted by Gasteiger charge is 2.25. The Bertz CT molecular complexity index is 804. The van der Waals surface area contributed by atoms with E-state index < -0.39 is 0 Å². The molecule has 0 unspecified atom stereocenters. The Labute approximate surface area is 147 Å². The van der Waals surface area contributed by atoms with Crippen LogP contribution in [-0.4, -0.2) is 36.4 Å². The van der Waals surface area contributed by atoms with Gasteiger partial charge in [0.25, 0.3) is 11.8 Å². The van der Waals surface area contributed by atoms with Crippen LogP contribution >= 0.6 is 0 Å². The predicted octanol–water partition coefficient (Wildman–Crippen LogP) is 0.122. The molecule has 2 N–H and O–H groups in total. The minimum atomic E-state index is 0.461. The molecule has 0 aliphatic carbocycles. The maximum Gasteiger partial charge on any atom is 0.283 e. The van der Waals surface area contributed by atoms with Crippen molar-refractivity contribution in [2.45, 2.75) is 20.0 Å². The van der Waals surface area contributed by atoms with Gasteiger partial charge < -0.3 is 18.6 Å². The van der Waals surface area contributed by atoms with Crippen LogP contribution in [0.1, 0.15) is 17.0 Å². The van der Waals surface area contributed by atoms with Gasteiger partial charge in [0, 0.05) is 5.56 Å². The highest BCUT2D eigenvalue weighted by atomic mass is 16.4. The van der Waals surface area contributed by atoms with Gasteiger partial charge in [-0.2, -0.15) is 0 Å². The fourth-order valence-corrected chi connectivity index (χ4v) is 3.46. The van der Waals surface area contributed by atoms with Gasteiger partial charge in [-0.05, 0) is 19.1 Å². The summed E-state index contributed by atoms with van der Waals surface area (Å²) in [6, 6.07) is 12.5. The number of aromatic nitrogens is 2. The molecule has 1 saturated heterocycles. The Kier molecular flexibility index (Phi) is 4.63. The first-order valence-electron chi connectivity index (χ1n) is 8.85. The van der Waals surface area contributed by atoms with E-state index in [1.165, 1.54) is 29.1 Å². The second-order valence-corrected chi connectivity index (χ2v) is 6.82. The van der Waals surface area contributed by atoms with E-state index in [2.05, 4.69) is 41.4 Å². The van der Waals surface area contributed by atoms with Crippen LogP contribution < -0.4 is 9.80 Å². The predicted molar refractivity (Wildman–Crippen MR) is 92.0 cm³/mol. The van der Waals surface area contributed by atoms with Crippen molar-refractivity contribution in [1.82, 2.24) is 10.2 Å². The lowest BCUT2D eigenvalue weighted by molar-refractivity contribution is -1.02. The zero-order valence-corrected chi connectivity index (χ0v) is 14.5. The molecule has 0 amide bonds. The Morgan fingerprint density at radius 2 is 1.76 bits per heavy atom. The molecule has 4 rings (SSSR count). The van der Waals surface area contributed by atoms with Crippen LogP contribution in [0, 0.1) is 6.92 Å². The average Bonchev–Trinajstić information content (AvgIpc) is 3.28. The Morgan fingerprint density at radius 1 is 0.960 bits per heavy atom. The fourth-order valence-electron chi connectivity index (χ4n) is 3.46. The normalized spacial score (nSPS) is 20.7. The van der Waals surface area contributed by atoms with Crippen LogP contribution in [0.4, 0.5) is 0 Å². The Morgan fingerprint density at radius 3 is 2.48 bits per heavy atom. The summed E-state index contributed by atoms with van der Waals surface area (Å²) in [6.07, 6.45) is 1.61. The summed E-state index contributed by atoms with van der Waals surface area (Å²) in [5.41, 5.74) is 2.77. The number of rotatable bonds is 5. The summed E-state index contributed by atoms with van der Waals surface area (Å²) < 4.78 is 11.0. The third-order valence-corrected chi connectivity index (χ3v) is 4.80. The molecule has 0 radical (unpaired) electrons. The first-order chi connectivity index (χ1) is 12.3. The monoisotopic (exact) mass is 340 g/mol. The molecule has 3 aromatic rings. The number of nitrogens with zero attached hydrogens (tertiary/aromatic N) is 2. The smallest absolute Gasteiger partial charge is 0.283 e. The molecule has 6 nitrogen and oxygen atoms in total. The minimum absolute atomic E-state index is 0.461. The zero-order chi connectivity index (χ0) is 17.1. The average molecular weight is 340 g/mol. The standard InChI is InChI=1S/C19H22N4O2/c1-15-4-2-5-16(12-15)13-22-7-9-23(10-8-22)14-18-20-21-19(25-18)17-6-3-11-24-17/h2-6,11-12H,7-10,13-14H2,1H3/p+2. The summed E-state index contributed by atoms with van der Waals surface area (Å²) in [5.74, 6) is 1.77. The molecule has 3 heterocycles. The molecule has 1 aromatic carbocycles. The molecule has 0 atom stereocenters. The van der Waals surface area contributed by atoms with Crippen LogP contribution in [0.5, 0.6) is 0 Å². The summed E-state index contributed by atoms with van der Waals surface area (Å²) in [7, 11) is 0. The fraction of sp³-hybridized carbons (Fsp3) is 0.368. The lowest BCUT2D eigenvalue weighted by Gasteiger charge is -2.29. The van der Waals surface area contributed by atoms with Crippen molar-refractivity contribution < 1.29 is 18.6 Å². The topological polar surface area (TPSA) is 60.9 Å². The molecule has 0 spiro atoms. The lowest BCUT2D eigenvalue weighted by atomic mass is 10.1. The molecule has 0 bridgehead atoms. The van der Waals surface area contributed by atoms with Crippen LogP contribution in [-0.2, 0) is 13.1 Å². The maximum absolute atomic E-state index is 5.72. The SMILES string of the molecule is Cc1cccc(C[NH+]2CC[NH+](Cc3nnc(-c4ccco4)o3)CC2)c1. The number of furan rings is 1. The van der Waals surface area contributed by atoms with Crippen LogP contribution in [0.3, 0.4) is 0 Å². The molecule has 2 aromatic heterocycles. The third kappa shape index (κ3) is 3.97. The van der Waals surface area contributed by atoms with E-state index in [0.717, 1.165) is 26.2 Å². The van der Waals surface area contributed by atoms with Crippen LogP contribution in [0.25, 0.3) is 11.7 Å². The number of benzene rings is 1. The van der Waals surface area contributed by atoms with Gasteiger partial charge in [-0.3, -0.25) is 0 Å². The summed E-state index contributed by atoms with van der Waals surface area (Å²) in [6.45, 7) is 8.63. The molecule has 25 heavy (non-hydrogen) atoms. The zero-order valence-electron chi connectivity index (χ0n) is 14.5. The Balaban J connectivity index is 1.29. The van der Waals surface area contributed by atoms with Gasteiger partial charge in [0.2, 0.25) is 0 Å². The second-order valence-electron chi connectivity index (χ2n) is 6.82.